The van der Waals surface area contributed by atoms with Crippen LogP contribution in [-0.2, 0) is 10.2 Å². The Labute approximate surface area is 144 Å². The summed E-state index contributed by atoms with van der Waals surface area (Å²) in [6.45, 7) is 8.19. The van der Waals surface area contributed by atoms with E-state index in [1.807, 2.05) is 36.4 Å². The van der Waals surface area contributed by atoms with Crippen molar-refractivity contribution in [2.75, 3.05) is 0 Å². The average Bonchev–Trinajstić information content (AvgIpc) is 2.55. The van der Waals surface area contributed by atoms with Gasteiger partial charge in [-0.25, -0.2) is 0 Å². The summed E-state index contributed by atoms with van der Waals surface area (Å²) in [5, 5.41) is 9.57. The first-order valence-electron chi connectivity index (χ1n) is 8.17. The molecule has 0 radical (unpaired) electrons. The van der Waals surface area contributed by atoms with Crippen molar-refractivity contribution >= 4 is 5.97 Å². The van der Waals surface area contributed by atoms with Crippen LogP contribution in [0.15, 0.2) is 48.5 Å². The van der Waals surface area contributed by atoms with E-state index in [0.717, 1.165) is 22.3 Å². The number of hydrogen-bond donors (Lipinski definition) is 1. The van der Waals surface area contributed by atoms with Crippen molar-refractivity contribution in [2.45, 2.75) is 45.4 Å². The molecule has 0 saturated carbocycles. The number of carboxylic acids is 1. The van der Waals surface area contributed by atoms with Gasteiger partial charge in [-0.15, -0.1) is 11.8 Å². The highest BCUT2D eigenvalue weighted by Gasteiger charge is 2.24. The van der Waals surface area contributed by atoms with Crippen LogP contribution in [0.4, 0.5) is 0 Å². The highest BCUT2D eigenvalue weighted by Crippen LogP contribution is 2.35. The SMILES string of the molecule is CC#CCC(C(=O)O)c1ccc(-c2ccccc2)c(C(C)(C)C)c1. The van der Waals surface area contributed by atoms with E-state index >= 15 is 0 Å². The van der Waals surface area contributed by atoms with Crippen LogP contribution in [0.5, 0.6) is 0 Å². The lowest BCUT2D eigenvalue weighted by Crippen LogP contribution is -2.16. The first-order valence-corrected chi connectivity index (χ1v) is 8.17. The van der Waals surface area contributed by atoms with E-state index < -0.39 is 11.9 Å². The molecule has 0 spiro atoms. The molecule has 1 unspecified atom stereocenters. The molecule has 0 fully saturated rings. The molecular weight excluding hydrogens is 296 g/mol. The smallest absolute Gasteiger partial charge is 0.311 e. The molecule has 1 N–H and O–H groups in total. The monoisotopic (exact) mass is 320 g/mol. The first kappa shape index (κ1) is 17.8. The predicted molar refractivity (Wildman–Crippen MR) is 99.0 cm³/mol. The number of hydrogen-bond acceptors (Lipinski definition) is 1. The molecule has 0 aromatic heterocycles. The second kappa shape index (κ2) is 7.36. The maximum absolute atomic E-state index is 11.7. The van der Waals surface area contributed by atoms with E-state index in [4.69, 9.17) is 0 Å². The van der Waals surface area contributed by atoms with Gasteiger partial charge in [0.05, 0.1) is 5.92 Å². The zero-order valence-corrected chi connectivity index (χ0v) is 14.8. The fraction of sp³-hybridized carbons (Fsp3) is 0.318. The van der Waals surface area contributed by atoms with Crippen molar-refractivity contribution in [3.05, 3.63) is 59.7 Å². The Morgan fingerprint density at radius 3 is 2.33 bits per heavy atom. The first-order chi connectivity index (χ1) is 11.3. The van der Waals surface area contributed by atoms with Gasteiger partial charge in [-0.05, 0) is 34.6 Å². The van der Waals surface area contributed by atoms with Crippen molar-refractivity contribution < 1.29 is 9.90 Å². The van der Waals surface area contributed by atoms with E-state index in [0.29, 0.717) is 6.42 Å². The van der Waals surface area contributed by atoms with Gasteiger partial charge in [0.2, 0.25) is 0 Å². The molecule has 0 heterocycles. The Hall–Kier alpha value is -2.53. The third kappa shape index (κ3) is 4.06. The third-order valence-electron chi connectivity index (χ3n) is 4.12. The largest absolute Gasteiger partial charge is 0.481 e. The van der Waals surface area contributed by atoms with Crippen molar-refractivity contribution in [1.82, 2.24) is 0 Å². The van der Waals surface area contributed by atoms with Crippen LogP contribution in [0.25, 0.3) is 11.1 Å². The summed E-state index contributed by atoms with van der Waals surface area (Å²) in [4.78, 5) is 11.7. The fourth-order valence-electron chi connectivity index (χ4n) is 2.82. The molecule has 0 aliphatic rings. The molecule has 0 bridgehead atoms. The molecular formula is C22H24O2. The molecule has 1 atom stereocenters. The fourth-order valence-corrected chi connectivity index (χ4v) is 2.82. The Morgan fingerprint density at radius 1 is 1.12 bits per heavy atom. The molecule has 2 nitrogen and oxygen atoms in total. The molecule has 2 rings (SSSR count). The lowest BCUT2D eigenvalue weighted by molar-refractivity contribution is -0.138. The molecule has 2 aromatic carbocycles. The molecule has 2 heteroatoms. The Kier molecular flexibility index (Phi) is 5.46. The van der Waals surface area contributed by atoms with E-state index in [2.05, 4.69) is 44.7 Å². The van der Waals surface area contributed by atoms with Crippen LogP contribution in [0, 0.1) is 11.8 Å². The zero-order valence-electron chi connectivity index (χ0n) is 14.8. The van der Waals surface area contributed by atoms with E-state index in [9.17, 15) is 9.90 Å². The van der Waals surface area contributed by atoms with Crippen molar-refractivity contribution in [1.29, 1.82) is 0 Å². The summed E-state index contributed by atoms with van der Waals surface area (Å²) in [7, 11) is 0. The summed E-state index contributed by atoms with van der Waals surface area (Å²) in [5.41, 5.74) is 4.18. The van der Waals surface area contributed by atoms with Crippen LogP contribution in [0.2, 0.25) is 0 Å². The number of carboxylic acid groups (broad SMARTS) is 1. The van der Waals surface area contributed by atoms with Crippen LogP contribution in [0.1, 0.15) is 51.2 Å². The topological polar surface area (TPSA) is 37.3 Å². The van der Waals surface area contributed by atoms with Gasteiger partial charge in [-0.3, -0.25) is 4.79 Å². The summed E-state index contributed by atoms with van der Waals surface area (Å²) >= 11 is 0. The normalized spacial score (nSPS) is 12.2. The second-order valence-electron chi connectivity index (χ2n) is 6.94. The van der Waals surface area contributed by atoms with Gasteiger partial charge in [0, 0.05) is 6.42 Å². The van der Waals surface area contributed by atoms with Crippen LogP contribution in [-0.4, -0.2) is 11.1 Å². The number of rotatable bonds is 4. The minimum absolute atomic E-state index is 0.0827. The van der Waals surface area contributed by atoms with Gasteiger partial charge in [-0.1, -0.05) is 69.3 Å². The quantitative estimate of drug-likeness (QED) is 0.783. The standard InChI is InChI=1S/C22H24O2/c1-5-6-12-19(21(23)24)17-13-14-18(16-10-8-7-9-11-16)20(15-17)22(2,3)4/h7-11,13-15,19H,12H2,1-4H3,(H,23,24). The third-order valence-corrected chi connectivity index (χ3v) is 4.12. The molecule has 2 aromatic rings. The minimum Gasteiger partial charge on any atom is -0.481 e. The van der Waals surface area contributed by atoms with Crippen molar-refractivity contribution in [3.63, 3.8) is 0 Å². The minimum atomic E-state index is -0.829. The van der Waals surface area contributed by atoms with E-state index in [-0.39, 0.29) is 5.41 Å². The van der Waals surface area contributed by atoms with Gasteiger partial charge < -0.3 is 5.11 Å². The van der Waals surface area contributed by atoms with Gasteiger partial charge in [0.1, 0.15) is 0 Å². The lowest BCUT2D eigenvalue weighted by atomic mass is 9.79. The molecule has 124 valence electrons. The summed E-state index contributed by atoms with van der Waals surface area (Å²) in [6, 6.07) is 16.2. The van der Waals surface area contributed by atoms with Crippen LogP contribution >= 0.6 is 0 Å². The zero-order chi connectivity index (χ0) is 17.7. The molecule has 0 aliphatic carbocycles. The van der Waals surface area contributed by atoms with Gasteiger partial charge in [0.15, 0.2) is 0 Å². The van der Waals surface area contributed by atoms with Crippen LogP contribution < -0.4 is 0 Å². The Morgan fingerprint density at radius 2 is 1.79 bits per heavy atom. The number of benzene rings is 2. The second-order valence-corrected chi connectivity index (χ2v) is 6.94. The van der Waals surface area contributed by atoms with E-state index in [1.165, 1.54) is 0 Å². The van der Waals surface area contributed by atoms with Gasteiger partial charge in [0.25, 0.3) is 0 Å². The number of aliphatic carboxylic acids is 1. The van der Waals surface area contributed by atoms with Crippen molar-refractivity contribution in [2.24, 2.45) is 0 Å². The maximum Gasteiger partial charge on any atom is 0.311 e. The molecule has 0 saturated heterocycles. The highest BCUT2D eigenvalue weighted by molar-refractivity contribution is 5.78. The Balaban J connectivity index is 2.58. The molecule has 24 heavy (non-hydrogen) atoms. The average molecular weight is 320 g/mol. The lowest BCUT2D eigenvalue weighted by Gasteiger charge is -2.25. The van der Waals surface area contributed by atoms with Gasteiger partial charge in [-0.2, -0.15) is 0 Å². The van der Waals surface area contributed by atoms with Crippen molar-refractivity contribution in [3.8, 4) is 23.0 Å². The molecule has 0 aliphatic heterocycles. The highest BCUT2D eigenvalue weighted by atomic mass is 16.4. The maximum atomic E-state index is 11.7. The van der Waals surface area contributed by atoms with E-state index in [1.54, 1.807) is 6.92 Å². The van der Waals surface area contributed by atoms with Crippen LogP contribution in [0.3, 0.4) is 0 Å². The number of carbonyl (C=O) groups is 1. The van der Waals surface area contributed by atoms with Gasteiger partial charge >= 0.3 is 5.97 Å². The summed E-state index contributed by atoms with van der Waals surface area (Å²) < 4.78 is 0. The predicted octanol–water partition coefficient (Wildman–Crippen LogP) is 5.23. The summed E-state index contributed by atoms with van der Waals surface area (Å²) in [6.07, 6.45) is 0.333. The Bertz CT molecular complexity index is 771. The molecule has 0 amide bonds. The summed E-state index contributed by atoms with van der Waals surface area (Å²) in [5.74, 6) is 4.27.